The van der Waals surface area contributed by atoms with Crippen molar-refractivity contribution in [3.63, 3.8) is 0 Å². The van der Waals surface area contributed by atoms with Crippen molar-refractivity contribution in [2.75, 3.05) is 10.6 Å². The predicted octanol–water partition coefficient (Wildman–Crippen LogP) is 3.55. The molecular weight excluding hydrogens is 444 g/mol. The Balaban J connectivity index is 2.11. The number of anilines is 2. The Kier molecular flexibility index (Phi) is 6.95. The number of halogens is 3. The Labute approximate surface area is 187 Å². The van der Waals surface area contributed by atoms with E-state index in [2.05, 4.69) is 15.7 Å². The number of benzene rings is 2. The number of aliphatic hydroxyl groups excluding tert-OH is 1. The van der Waals surface area contributed by atoms with Gasteiger partial charge in [0.15, 0.2) is 5.82 Å². The molecule has 0 aliphatic rings. The van der Waals surface area contributed by atoms with Crippen LogP contribution in [0.25, 0.3) is 5.69 Å². The van der Waals surface area contributed by atoms with E-state index in [9.17, 15) is 19.1 Å². The van der Waals surface area contributed by atoms with Crippen molar-refractivity contribution >= 4 is 28.9 Å². The molecule has 0 fully saturated rings. The van der Waals surface area contributed by atoms with E-state index in [1.165, 1.54) is 22.8 Å². The summed E-state index contributed by atoms with van der Waals surface area (Å²) in [5, 5.41) is 18.8. The molecule has 3 rings (SSSR count). The number of aromatic nitrogens is 3. The van der Waals surface area contributed by atoms with E-state index in [4.69, 9.17) is 11.6 Å². The highest BCUT2D eigenvalue weighted by Gasteiger charge is 2.22. The van der Waals surface area contributed by atoms with Gasteiger partial charge in [-0.2, -0.15) is 4.68 Å². The average Bonchev–Trinajstić information content (AvgIpc) is 3.06. The molecule has 0 atom stereocenters. The number of hydrogen-bond donors (Lipinski definition) is 3. The third-order valence-electron chi connectivity index (χ3n) is 4.60. The summed E-state index contributed by atoms with van der Waals surface area (Å²) < 4.78 is 31.2. The van der Waals surface area contributed by atoms with E-state index in [1.807, 2.05) is 0 Å². The molecule has 1 amide bonds. The lowest BCUT2D eigenvalue weighted by molar-refractivity contribution is 0.102. The maximum Gasteiger partial charge on any atom is 0.350 e. The zero-order valence-corrected chi connectivity index (χ0v) is 18.4. The van der Waals surface area contributed by atoms with Crippen molar-refractivity contribution in [1.29, 1.82) is 0 Å². The maximum absolute atomic E-state index is 15.1. The minimum absolute atomic E-state index is 0.0120. The number of amides is 1. The smallest absolute Gasteiger partial charge is 0.350 e. The van der Waals surface area contributed by atoms with Gasteiger partial charge in [-0.15, -0.1) is 5.10 Å². The fraction of sp³-hybridized carbons (Fsp3) is 0.286. The second-order valence-corrected chi connectivity index (χ2v) is 7.62. The number of carbonyl (C=O) groups is 1. The second kappa shape index (κ2) is 9.49. The van der Waals surface area contributed by atoms with E-state index < -0.39 is 29.8 Å². The summed E-state index contributed by atoms with van der Waals surface area (Å²) in [7, 11) is 0. The second-order valence-electron chi connectivity index (χ2n) is 7.21. The average molecular weight is 466 g/mol. The molecule has 0 radical (unpaired) electrons. The lowest BCUT2D eigenvalue weighted by Gasteiger charge is -2.17. The van der Waals surface area contributed by atoms with Crippen LogP contribution in [0.2, 0.25) is 5.02 Å². The van der Waals surface area contributed by atoms with Crippen molar-refractivity contribution < 1.29 is 18.7 Å². The summed E-state index contributed by atoms with van der Waals surface area (Å²) in [6.45, 7) is 5.03. The number of carbonyl (C=O) groups excluding carboxylic acids is 1. The normalized spacial score (nSPS) is 11.1. The van der Waals surface area contributed by atoms with Gasteiger partial charge in [0.2, 0.25) is 0 Å². The first kappa shape index (κ1) is 23.4. The maximum atomic E-state index is 15.1. The highest BCUT2D eigenvalue weighted by molar-refractivity contribution is 6.34. The molecule has 32 heavy (non-hydrogen) atoms. The highest BCUT2D eigenvalue weighted by Crippen LogP contribution is 2.28. The Morgan fingerprint density at radius 3 is 2.53 bits per heavy atom. The minimum atomic E-state index is -0.906. The molecule has 0 spiro atoms. The molecule has 3 N–H and O–H groups in total. The first-order valence-electron chi connectivity index (χ1n) is 9.83. The first-order valence-corrected chi connectivity index (χ1v) is 10.2. The van der Waals surface area contributed by atoms with Gasteiger partial charge in [0, 0.05) is 18.3 Å². The zero-order valence-electron chi connectivity index (χ0n) is 17.6. The summed E-state index contributed by atoms with van der Waals surface area (Å²) in [5.74, 6) is -2.37. The number of nitrogens with one attached hydrogen (secondary N) is 2. The van der Waals surface area contributed by atoms with Gasteiger partial charge in [-0.1, -0.05) is 17.7 Å². The SMILES string of the molecule is CCn1c(CO)nn(-c2cc(NC(C)C)c(C(=O)Nc3c(F)cccc3Cl)cc2F)c1=O. The molecule has 3 aromatic rings. The molecule has 0 saturated carbocycles. The van der Waals surface area contributed by atoms with Crippen molar-refractivity contribution in [2.45, 2.75) is 40.0 Å². The summed E-state index contributed by atoms with van der Waals surface area (Å²) in [4.78, 5) is 25.5. The number of hydrogen-bond acceptors (Lipinski definition) is 5. The van der Waals surface area contributed by atoms with Crippen LogP contribution in [0.3, 0.4) is 0 Å². The van der Waals surface area contributed by atoms with E-state index in [1.54, 1.807) is 20.8 Å². The summed E-state index contributed by atoms with van der Waals surface area (Å²) in [5.41, 5.74) is -0.999. The zero-order chi connectivity index (χ0) is 23.6. The molecule has 11 heteroatoms. The largest absolute Gasteiger partial charge is 0.388 e. The minimum Gasteiger partial charge on any atom is -0.388 e. The van der Waals surface area contributed by atoms with Gasteiger partial charge in [-0.3, -0.25) is 9.36 Å². The standard InChI is InChI=1S/C21H22ClF2N5O3/c1-4-28-18(10-30)27-29(21(28)32)17-9-16(25-11(2)3)12(8-15(17)24)20(31)26-19-13(22)6-5-7-14(19)23/h5-9,11,25,30H,4,10H2,1-3H3,(H,26,31). The molecule has 0 unspecified atom stereocenters. The van der Waals surface area contributed by atoms with Gasteiger partial charge in [0.05, 0.1) is 16.3 Å². The number of nitrogens with zero attached hydrogens (tertiary/aromatic N) is 3. The first-order chi connectivity index (χ1) is 15.2. The predicted molar refractivity (Wildman–Crippen MR) is 118 cm³/mol. The molecule has 0 aliphatic carbocycles. The van der Waals surface area contributed by atoms with Crippen molar-refractivity contribution in [3.8, 4) is 5.69 Å². The van der Waals surface area contributed by atoms with Crippen LogP contribution >= 0.6 is 11.6 Å². The topological polar surface area (TPSA) is 101 Å². The highest BCUT2D eigenvalue weighted by atomic mass is 35.5. The monoisotopic (exact) mass is 465 g/mol. The molecule has 8 nitrogen and oxygen atoms in total. The quantitative estimate of drug-likeness (QED) is 0.495. The molecule has 2 aromatic carbocycles. The molecular formula is C21H22ClF2N5O3. The molecule has 1 aromatic heterocycles. The van der Waals surface area contributed by atoms with Crippen LogP contribution in [-0.4, -0.2) is 31.4 Å². The molecule has 170 valence electrons. The summed E-state index contributed by atoms with van der Waals surface area (Å²) in [6.07, 6.45) is 0. The molecule has 1 heterocycles. The third-order valence-corrected chi connectivity index (χ3v) is 4.92. The van der Waals surface area contributed by atoms with Crippen LogP contribution in [0, 0.1) is 11.6 Å². The van der Waals surface area contributed by atoms with E-state index in [0.29, 0.717) is 0 Å². The van der Waals surface area contributed by atoms with Crippen molar-refractivity contribution in [3.05, 3.63) is 68.9 Å². The van der Waals surface area contributed by atoms with Crippen molar-refractivity contribution in [1.82, 2.24) is 14.3 Å². The Bertz CT molecular complexity index is 1200. The van der Waals surface area contributed by atoms with Crippen LogP contribution in [0.4, 0.5) is 20.2 Å². The van der Waals surface area contributed by atoms with Crippen LogP contribution in [0.1, 0.15) is 37.0 Å². The molecule has 0 aliphatic heterocycles. The lowest BCUT2D eigenvalue weighted by atomic mass is 10.1. The van der Waals surface area contributed by atoms with Crippen molar-refractivity contribution in [2.24, 2.45) is 0 Å². The Morgan fingerprint density at radius 1 is 1.25 bits per heavy atom. The van der Waals surface area contributed by atoms with Gasteiger partial charge in [-0.25, -0.2) is 13.6 Å². The van der Waals surface area contributed by atoms with Gasteiger partial charge in [0.1, 0.15) is 23.9 Å². The number of aliphatic hydroxyl groups is 1. The Hall–Kier alpha value is -3.24. The number of para-hydroxylation sites is 1. The third kappa shape index (κ3) is 4.51. The van der Waals surface area contributed by atoms with Gasteiger partial charge in [-0.05, 0) is 45.0 Å². The van der Waals surface area contributed by atoms with Crippen LogP contribution in [0.5, 0.6) is 0 Å². The Morgan fingerprint density at radius 2 is 1.97 bits per heavy atom. The van der Waals surface area contributed by atoms with Gasteiger partial charge in [0.25, 0.3) is 5.91 Å². The van der Waals surface area contributed by atoms with E-state index in [0.717, 1.165) is 16.8 Å². The van der Waals surface area contributed by atoms with Crippen LogP contribution in [-0.2, 0) is 13.2 Å². The van der Waals surface area contributed by atoms with Crippen LogP contribution < -0.4 is 16.3 Å². The number of rotatable bonds is 7. The molecule has 0 saturated heterocycles. The van der Waals surface area contributed by atoms with Crippen LogP contribution in [0.15, 0.2) is 35.1 Å². The fourth-order valence-corrected chi connectivity index (χ4v) is 3.38. The van der Waals surface area contributed by atoms with Gasteiger partial charge >= 0.3 is 5.69 Å². The summed E-state index contributed by atoms with van der Waals surface area (Å²) in [6, 6.07) is 5.97. The fourth-order valence-electron chi connectivity index (χ4n) is 3.17. The van der Waals surface area contributed by atoms with E-state index >= 15 is 4.39 Å². The lowest BCUT2D eigenvalue weighted by Crippen LogP contribution is -2.25. The van der Waals surface area contributed by atoms with E-state index in [-0.39, 0.29) is 46.1 Å². The summed E-state index contributed by atoms with van der Waals surface area (Å²) >= 11 is 5.97. The van der Waals surface area contributed by atoms with Gasteiger partial charge < -0.3 is 15.7 Å². The molecule has 0 bridgehead atoms.